The van der Waals surface area contributed by atoms with Crippen LogP contribution in [-0.4, -0.2) is 44.5 Å². The molecule has 5 heteroatoms. The van der Waals surface area contributed by atoms with Gasteiger partial charge in [0.1, 0.15) is 11.6 Å². The first kappa shape index (κ1) is 16.1. The minimum atomic E-state index is 0.0359. The standard InChI is InChI=1S/C14H28N4O/c1-7-8-18-11(2)15-16-13(18)9-17(6)12(10-19)14(3,4)5/h12,19H,7-10H2,1-6H3. The van der Waals surface area contributed by atoms with Gasteiger partial charge in [0, 0.05) is 12.6 Å². The summed E-state index contributed by atoms with van der Waals surface area (Å²) < 4.78 is 2.16. The van der Waals surface area contributed by atoms with Gasteiger partial charge in [-0.25, -0.2) is 0 Å². The number of aliphatic hydroxyl groups excluding tert-OH is 1. The number of aliphatic hydroxyl groups is 1. The molecular weight excluding hydrogens is 240 g/mol. The SMILES string of the molecule is CCCn1c(C)nnc1CN(C)C(CO)C(C)(C)C. The van der Waals surface area contributed by atoms with E-state index in [2.05, 4.69) is 47.4 Å². The van der Waals surface area contributed by atoms with Gasteiger partial charge < -0.3 is 9.67 Å². The van der Waals surface area contributed by atoms with E-state index in [1.807, 2.05) is 14.0 Å². The van der Waals surface area contributed by atoms with E-state index in [1.54, 1.807) is 0 Å². The van der Waals surface area contributed by atoms with Crippen LogP contribution in [0.1, 0.15) is 45.8 Å². The Balaban J connectivity index is 2.84. The number of nitrogens with zero attached hydrogens (tertiary/aromatic N) is 4. The Bertz CT molecular complexity index is 395. The molecule has 19 heavy (non-hydrogen) atoms. The Morgan fingerprint density at radius 3 is 2.42 bits per heavy atom. The second-order valence-electron chi connectivity index (χ2n) is 6.29. The zero-order valence-corrected chi connectivity index (χ0v) is 13.1. The third-order valence-corrected chi connectivity index (χ3v) is 3.56. The molecule has 1 unspecified atom stereocenters. The van der Waals surface area contributed by atoms with Crippen LogP contribution in [0.3, 0.4) is 0 Å². The molecule has 1 rings (SSSR count). The van der Waals surface area contributed by atoms with Gasteiger partial charge in [-0.05, 0) is 25.8 Å². The molecule has 0 fully saturated rings. The molecule has 1 atom stereocenters. The number of rotatable bonds is 6. The molecule has 5 nitrogen and oxygen atoms in total. The van der Waals surface area contributed by atoms with Crippen LogP contribution in [0.2, 0.25) is 0 Å². The van der Waals surface area contributed by atoms with E-state index in [-0.39, 0.29) is 18.1 Å². The fraction of sp³-hybridized carbons (Fsp3) is 0.857. The first-order valence-corrected chi connectivity index (χ1v) is 7.01. The number of aromatic nitrogens is 3. The maximum Gasteiger partial charge on any atom is 0.147 e. The lowest BCUT2D eigenvalue weighted by atomic mass is 9.86. The molecule has 0 aliphatic carbocycles. The molecule has 0 aromatic carbocycles. The summed E-state index contributed by atoms with van der Waals surface area (Å²) >= 11 is 0. The summed E-state index contributed by atoms with van der Waals surface area (Å²) in [4.78, 5) is 2.16. The van der Waals surface area contributed by atoms with E-state index < -0.39 is 0 Å². The average Bonchev–Trinajstić information content (AvgIpc) is 2.61. The third kappa shape index (κ3) is 4.01. The summed E-state index contributed by atoms with van der Waals surface area (Å²) in [5, 5.41) is 18.0. The molecule has 0 aliphatic rings. The second-order valence-corrected chi connectivity index (χ2v) is 6.29. The van der Waals surface area contributed by atoms with Crippen molar-refractivity contribution in [1.82, 2.24) is 19.7 Å². The number of likely N-dealkylation sites (N-methyl/N-ethyl adjacent to an activating group) is 1. The molecule has 0 saturated carbocycles. The largest absolute Gasteiger partial charge is 0.395 e. The van der Waals surface area contributed by atoms with Crippen molar-refractivity contribution in [2.45, 2.75) is 60.2 Å². The van der Waals surface area contributed by atoms with E-state index >= 15 is 0 Å². The fourth-order valence-corrected chi connectivity index (χ4v) is 2.46. The normalized spacial score (nSPS) is 14.1. The molecule has 0 radical (unpaired) electrons. The van der Waals surface area contributed by atoms with Crippen molar-refractivity contribution in [1.29, 1.82) is 0 Å². The highest BCUT2D eigenvalue weighted by atomic mass is 16.3. The summed E-state index contributed by atoms with van der Waals surface area (Å²) in [5.74, 6) is 1.94. The van der Waals surface area contributed by atoms with Gasteiger partial charge in [-0.2, -0.15) is 0 Å². The van der Waals surface area contributed by atoms with Gasteiger partial charge in [-0.15, -0.1) is 10.2 Å². The van der Waals surface area contributed by atoms with Gasteiger partial charge in [0.2, 0.25) is 0 Å². The molecule has 1 aromatic rings. The van der Waals surface area contributed by atoms with Gasteiger partial charge in [-0.1, -0.05) is 27.7 Å². The Hall–Kier alpha value is -0.940. The van der Waals surface area contributed by atoms with Crippen LogP contribution in [0.25, 0.3) is 0 Å². The number of aryl methyl sites for hydroxylation is 1. The average molecular weight is 268 g/mol. The lowest BCUT2D eigenvalue weighted by Gasteiger charge is -2.36. The molecule has 0 bridgehead atoms. The van der Waals surface area contributed by atoms with E-state index in [9.17, 15) is 5.11 Å². The van der Waals surface area contributed by atoms with Crippen LogP contribution in [0.15, 0.2) is 0 Å². The molecule has 1 N–H and O–H groups in total. The Labute approximate surface area is 116 Å². The van der Waals surface area contributed by atoms with Crippen molar-refractivity contribution in [2.75, 3.05) is 13.7 Å². The highest BCUT2D eigenvalue weighted by Gasteiger charge is 2.28. The predicted molar refractivity (Wildman–Crippen MR) is 76.8 cm³/mol. The van der Waals surface area contributed by atoms with Crippen LogP contribution < -0.4 is 0 Å². The van der Waals surface area contributed by atoms with E-state index in [0.29, 0.717) is 6.54 Å². The van der Waals surface area contributed by atoms with Crippen molar-refractivity contribution in [2.24, 2.45) is 5.41 Å². The van der Waals surface area contributed by atoms with Crippen LogP contribution in [0, 0.1) is 12.3 Å². The Kier molecular flexibility index (Phi) is 5.50. The minimum absolute atomic E-state index is 0.0359. The van der Waals surface area contributed by atoms with Crippen molar-refractivity contribution in [3.63, 3.8) is 0 Å². The molecule has 0 saturated heterocycles. The van der Waals surface area contributed by atoms with Gasteiger partial charge in [0.25, 0.3) is 0 Å². The van der Waals surface area contributed by atoms with Gasteiger partial charge >= 0.3 is 0 Å². The molecule has 1 aromatic heterocycles. The first-order chi connectivity index (χ1) is 8.81. The number of hydrogen-bond acceptors (Lipinski definition) is 4. The van der Waals surface area contributed by atoms with Crippen molar-refractivity contribution in [3.05, 3.63) is 11.6 Å². The molecule has 0 aliphatic heterocycles. The summed E-state index contributed by atoms with van der Waals surface area (Å²) in [7, 11) is 2.03. The number of hydrogen-bond donors (Lipinski definition) is 1. The second kappa shape index (κ2) is 6.48. The maximum atomic E-state index is 9.60. The maximum absolute atomic E-state index is 9.60. The van der Waals surface area contributed by atoms with Crippen LogP contribution in [-0.2, 0) is 13.1 Å². The van der Waals surface area contributed by atoms with Crippen molar-refractivity contribution in [3.8, 4) is 0 Å². The zero-order chi connectivity index (χ0) is 14.6. The van der Waals surface area contributed by atoms with Crippen LogP contribution in [0.4, 0.5) is 0 Å². The summed E-state index contributed by atoms with van der Waals surface area (Å²) in [6, 6.07) is 0.111. The smallest absolute Gasteiger partial charge is 0.147 e. The van der Waals surface area contributed by atoms with Crippen LogP contribution >= 0.6 is 0 Å². The quantitative estimate of drug-likeness (QED) is 0.855. The third-order valence-electron chi connectivity index (χ3n) is 3.56. The predicted octanol–water partition coefficient (Wildman–Crippen LogP) is 1.84. The molecule has 0 amide bonds. The lowest BCUT2D eigenvalue weighted by molar-refractivity contribution is 0.0590. The highest BCUT2D eigenvalue weighted by molar-refractivity contribution is 4.95. The zero-order valence-electron chi connectivity index (χ0n) is 13.1. The van der Waals surface area contributed by atoms with Crippen molar-refractivity contribution < 1.29 is 5.11 Å². The Morgan fingerprint density at radius 2 is 1.95 bits per heavy atom. The lowest BCUT2D eigenvalue weighted by Crippen LogP contribution is -2.44. The topological polar surface area (TPSA) is 54.2 Å². The molecule has 0 spiro atoms. The van der Waals surface area contributed by atoms with Crippen LogP contribution in [0.5, 0.6) is 0 Å². The first-order valence-electron chi connectivity index (χ1n) is 7.01. The highest BCUT2D eigenvalue weighted by Crippen LogP contribution is 2.24. The van der Waals surface area contributed by atoms with Crippen molar-refractivity contribution >= 4 is 0 Å². The molecule has 110 valence electrons. The monoisotopic (exact) mass is 268 g/mol. The van der Waals surface area contributed by atoms with E-state index in [4.69, 9.17) is 0 Å². The van der Waals surface area contributed by atoms with Gasteiger partial charge in [0.15, 0.2) is 0 Å². The molecular formula is C14H28N4O. The Morgan fingerprint density at radius 1 is 1.32 bits per heavy atom. The molecule has 1 heterocycles. The summed E-state index contributed by atoms with van der Waals surface area (Å²) in [6.07, 6.45) is 1.07. The van der Waals surface area contributed by atoms with E-state index in [0.717, 1.165) is 24.6 Å². The van der Waals surface area contributed by atoms with Gasteiger partial charge in [-0.3, -0.25) is 4.90 Å². The van der Waals surface area contributed by atoms with E-state index in [1.165, 1.54) is 0 Å². The summed E-state index contributed by atoms with van der Waals surface area (Å²) in [6.45, 7) is 12.4. The fourth-order valence-electron chi connectivity index (χ4n) is 2.46. The summed E-state index contributed by atoms with van der Waals surface area (Å²) in [5.41, 5.74) is 0.0359. The van der Waals surface area contributed by atoms with Gasteiger partial charge in [0.05, 0.1) is 13.2 Å². The minimum Gasteiger partial charge on any atom is -0.395 e.